The second-order valence-corrected chi connectivity index (χ2v) is 14.5. The molecule has 3 N–H and O–H groups in total. The number of unbranched alkanes of at least 4 members (excludes halogenated alkanes) is 1. The van der Waals surface area contributed by atoms with Crippen molar-refractivity contribution in [3.05, 3.63) is 5.82 Å². The lowest BCUT2D eigenvalue weighted by Crippen LogP contribution is -2.56. The SMILES string of the molecule is CCCC(CC(=O)[C@@H]1[C@H]2CCCC2CN1C(=O)[C@@H](NC(=O)[C@H](CC(=O)CCCCc1nn[nH]n1)C(C)C)C(C)C)C(=O)C(=O)CCC(=O)O. The number of carboxylic acid groups (broad SMARTS) is 1. The van der Waals surface area contributed by atoms with E-state index in [-0.39, 0.29) is 59.9 Å². The highest BCUT2D eigenvalue weighted by molar-refractivity contribution is 6.38. The number of nitrogens with one attached hydrogen (secondary N) is 2. The van der Waals surface area contributed by atoms with Crippen LogP contribution in [-0.2, 0) is 40.0 Å². The lowest BCUT2D eigenvalue weighted by Gasteiger charge is -2.33. The van der Waals surface area contributed by atoms with Gasteiger partial charge in [-0.15, -0.1) is 10.2 Å². The Kier molecular flexibility index (Phi) is 15.2. The molecule has 1 saturated heterocycles. The molecule has 272 valence electrons. The maximum atomic E-state index is 14.3. The van der Waals surface area contributed by atoms with Crippen LogP contribution in [-0.4, -0.2) is 90.2 Å². The molecule has 0 spiro atoms. The fourth-order valence-electron chi connectivity index (χ4n) is 7.38. The average molecular weight is 687 g/mol. The summed E-state index contributed by atoms with van der Waals surface area (Å²) >= 11 is 0. The van der Waals surface area contributed by atoms with Crippen LogP contribution in [0.25, 0.3) is 0 Å². The number of amides is 2. The summed E-state index contributed by atoms with van der Waals surface area (Å²) in [6, 6.07) is -1.69. The van der Waals surface area contributed by atoms with Crippen molar-refractivity contribution < 1.29 is 38.7 Å². The summed E-state index contributed by atoms with van der Waals surface area (Å²) in [6.45, 7) is 9.62. The van der Waals surface area contributed by atoms with Gasteiger partial charge in [0.2, 0.25) is 17.6 Å². The maximum Gasteiger partial charge on any atom is 0.303 e. The number of fused-ring (bicyclic) bond motifs is 1. The van der Waals surface area contributed by atoms with Crippen molar-refractivity contribution in [1.29, 1.82) is 0 Å². The molecule has 3 rings (SSSR count). The van der Waals surface area contributed by atoms with Crippen LogP contribution in [0.1, 0.15) is 117 Å². The van der Waals surface area contributed by atoms with Crippen LogP contribution in [0, 0.1) is 35.5 Å². The first-order chi connectivity index (χ1) is 23.2. The lowest BCUT2D eigenvalue weighted by molar-refractivity contribution is -0.145. The number of carboxylic acids is 1. The van der Waals surface area contributed by atoms with Gasteiger partial charge in [0.1, 0.15) is 11.8 Å². The molecule has 0 aromatic carbocycles. The third-order valence-electron chi connectivity index (χ3n) is 10.1. The molecular formula is C35H54N6O8. The molecule has 2 amide bonds. The molecule has 2 heterocycles. The van der Waals surface area contributed by atoms with Crippen LogP contribution in [0.3, 0.4) is 0 Å². The summed E-state index contributed by atoms with van der Waals surface area (Å²) in [5.74, 6) is -5.08. The number of aryl methyl sites for hydroxylation is 1. The third kappa shape index (κ3) is 11.1. The first-order valence-corrected chi connectivity index (χ1v) is 17.9. The van der Waals surface area contributed by atoms with Gasteiger partial charge in [-0.1, -0.05) is 52.7 Å². The molecule has 1 saturated carbocycles. The Hall–Kier alpha value is -3.84. The van der Waals surface area contributed by atoms with E-state index >= 15 is 0 Å². The Morgan fingerprint density at radius 3 is 2.31 bits per heavy atom. The monoisotopic (exact) mass is 686 g/mol. The molecule has 14 nitrogen and oxygen atoms in total. The lowest BCUT2D eigenvalue weighted by atomic mass is 9.84. The smallest absolute Gasteiger partial charge is 0.303 e. The number of aromatic amines is 1. The summed E-state index contributed by atoms with van der Waals surface area (Å²) in [7, 11) is 0. The summed E-state index contributed by atoms with van der Waals surface area (Å²) in [6.07, 6.45) is 4.64. The molecule has 14 heteroatoms. The van der Waals surface area contributed by atoms with Gasteiger partial charge in [-0.05, 0) is 55.8 Å². The second kappa shape index (κ2) is 18.8. The van der Waals surface area contributed by atoms with Gasteiger partial charge in [0, 0.05) is 50.5 Å². The van der Waals surface area contributed by atoms with Gasteiger partial charge in [0.15, 0.2) is 17.4 Å². The Bertz CT molecular complexity index is 1330. The minimum Gasteiger partial charge on any atom is -0.481 e. The van der Waals surface area contributed by atoms with Gasteiger partial charge in [0.05, 0.1) is 12.5 Å². The average Bonchev–Trinajstić information content (AvgIpc) is 3.80. The van der Waals surface area contributed by atoms with Crippen LogP contribution < -0.4 is 5.32 Å². The fourth-order valence-corrected chi connectivity index (χ4v) is 7.38. The van der Waals surface area contributed by atoms with Crippen molar-refractivity contribution in [3.8, 4) is 0 Å². The number of H-pyrrole nitrogens is 1. The number of nitrogens with zero attached hydrogens (tertiary/aromatic N) is 4. The number of hydrogen-bond acceptors (Lipinski definition) is 10. The van der Waals surface area contributed by atoms with Gasteiger partial charge < -0.3 is 15.3 Å². The van der Waals surface area contributed by atoms with Gasteiger partial charge in [-0.2, -0.15) is 5.21 Å². The van der Waals surface area contributed by atoms with Crippen LogP contribution in [0.4, 0.5) is 0 Å². The molecule has 2 unspecified atom stereocenters. The highest BCUT2D eigenvalue weighted by atomic mass is 16.4. The molecule has 2 fully saturated rings. The largest absolute Gasteiger partial charge is 0.481 e. The second-order valence-electron chi connectivity index (χ2n) is 14.5. The summed E-state index contributed by atoms with van der Waals surface area (Å²) in [4.78, 5) is 92.9. The van der Waals surface area contributed by atoms with Crippen molar-refractivity contribution in [2.45, 2.75) is 130 Å². The molecule has 1 aliphatic heterocycles. The highest BCUT2D eigenvalue weighted by Gasteiger charge is 2.51. The highest BCUT2D eigenvalue weighted by Crippen LogP contribution is 2.43. The first kappa shape index (κ1) is 39.6. The minimum atomic E-state index is -1.18. The van der Waals surface area contributed by atoms with Gasteiger partial charge in [-0.25, -0.2) is 0 Å². The van der Waals surface area contributed by atoms with Crippen molar-refractivity contribution in [2.24, 2.45) is 35.5 Å². The number of carbonyl (C=O) groups excluding carboxylic acids is 6. The number of likely N-dealkylation sites (tertiary alicyclic amines) is 1. The van der Waals surface area contributed by atoms with Crippen LogP contribution in [0.2, 0.25) is 0 Å². The predicted molar refractivity (Wildman–Crippen MR) is 178 cm³/mol. The van der Waals surface area contributed by atoms with Crippen LogP contribution in [0.5, 0.6) is 0 Å². The number of Topliss-reactive ketones (excluding diaryl/α,β-unsaturated/α-hetero) is 4. The number of aromatic nitrogens is 4. The summed E-state index contributed by atoms with van der Waals surface area (Å²) in [5, 5.41) is 25.6. The number of hydrogen-bond donors (Lipinski definition) is 3. The molecule has 2 aliphatic rings. The number of carbonyl (C=O) groups is 7. The van der Waals surface area contributed by atoms with E-state index in [0.717, 1.165) is 19.3 Å². The Labute approximate surface area is 288 Å². The zero-order valence-corrected chi connectivity index (χ0v) is 29.6. The zero-order chi connectivity index (χ0) is 36.2. The van der Waals surface area contributed by atoms with Crippen LogP contribution >= 0.6 is 0 Å². The molecule has 6 atom stereocenters. The zero-order valence-electron chi connectivity index (χ0n) is 29.6. The molecule has 1 aromatic rings. The number of rotatable bonds is 22. The van der Waals surface area contributed by atoms with E-state index in [9.17, 15) is 33.6 Å². The van der Waals surface area contributed by atoms with Crippen molar-refractivity contribution in [3.63, 3.8) is 0 Å². The molecule has 0 radical (unpaired) electrons. The van der Waals surface area contributed by atoms with Gasteiger partial charge in [-0.3, -0.25) is 33.6 Å². The van der Waals surface area contributed by atoms with E-state index in [1.807, 2.05) is 34.6 Å². The minimum absolute atomic E-state index is 0.0370. The normalized spacial score (nSPS) is 20.6. The Morgan fingerprint density at radius 1 is 0.959 bits per heavy atom. The van der Waals surface area contributed by atoms with Crippen molar-refractivity contribution >= 4 is 40.9 Å². The number of ketones is 4. The molecule has 0 bridgehead atoms. The summed E-state index contributed by atoms with van der Waals surface area (Å²) in [5.41, 5.74) is 0. The van der Waals surface area contributed by atoms with E-state index < -0.39 is 54.3 Å². The van der Waals surface area contributed by atoms with E-state index in [1.54, 1.807) is 4.90 Å². The van der Waals surface area contributed by atoms with Crippen molar-refractivity contribution in [1.82, 2.24) is 30.8 Å². The van der Waals surface area contributed by atoms with Gasteiger partial charge in [0.25, 0.3) is 0 Å². The van der Waals surface area contributed by atoms with Crippen molar-refractivity contribution in [2.75, 3.05) is 6.54 Å². The van der Waals surface area contributed by atoms with Crippen LogP contribution in [0.15, 0.2) is 0 Å². The van der Waals surface area contributed by atoms with E-state index in [4.69, 9.17) is 5.11 Å². The number of tetrazole rings is 1. The molecule has 1 aromatic heterocycles. The Morgan fingerprint density at radius 2 is 1.69 bits per heavy atom. The van der Waals surface area contributed by atoms with E-state index in [1.165, 1.54) is 0 Å². The Balaban J connectivity index is 1.70. The predicted octanol–water partition coefficient (Wildman–Crippen LogP) is 3.29. The van der Waals surface area contributed by atoms with Gasteiger partial charge >= 0.3 is 5.97 Å². The molecule has 49 heavy (non-hydrogen) atoms. The topological polar surface area (TPSA) is 209 Å². The fraction of sp³-hybridized carbons (Fsp3) is 0.771. The standard InChI is InChI=1S/C35H54N6O8/c1-6-10-22(33(47)27(43)15-16-30(45)46)17-28(44)32-25-13-9-11-23(25)19-41(32)35(49)31(21(4)5)36-34(48)26(20(2)3)18-24(42)12-7-8-14-29-37-39-40-38-29/h20-23,25-26,31-32H,6-19H2,1-5H3,(H,36,48)(H,45,46)(H,37,38,39,40)/t22?,23?,25-,26+,31-,32-/m0/s1. The maximum absolute atomic E-state index is 14.3. The third-order valence-corrected chi connectivity index (χ3v) is 10.1. The van der Waals surface area contributed by atoms with E-state index in [0.29, 0.717) is 50.9 Å². The molecule has 1 aliphatic carbocycles. The quantitative estimate of drug-likeness (QED) is 0.119. The first-order valence-electron chi connectivity index (χ1n) is 17.9. The van der Waals surface area contributed by atoms with E-state index in [2.05, 4.69) is 25.9 Å². The molecular weight excluding hydrogens is 632 g/mol. The summed E-state index contributed by atoms with van der Waals surface area (Å²) < 4.78 is 0. The number of aliphatic carboxylic acids is 1.